The van der Waals surface area contributed by atoms with Crippen LogP contribution in [0, 0.1) is 0 Å². The second-order valence-electron chi connectivity index (χ2n) is 0.930. The molecule has 0 saturated carbocycles. The molecule has 0 saturated heterocycles. The van der Waals surface area contributed by atoms with E-state index >= 15 is 0 Å². The fraction of sp³-hybridized carbons (Fsp3) is 1.00. The summed E-state index contributed by atoms with van der Waals surface area (Å²) in [6.45, 7) is 0. The van der Waals surface area contributed by atoms with Crippen LogP contribution in [-0.4, -0.2) is 22.8 Å². The number of hydrazine groups is 1. The molecular weight excluding hydrogens is 116 g/mol. The molecule has 0 rings (SSSR count). The zero-order chi connectivity index (χ0) is 5.86. The van der Waals surface area contributed by atoms with Crippen molar-refractivity contribution >= 4 is 11.3 Å². The van der Waals surface area contributed by atoms with E-state index < -0.39 is 11.3 Å². The van der Waals surface area contributed by atoms with Gasteiger partial charge in [-0.1, -0.05) is 0 Å². The van der Waals surface area contributed by atoms with E-state index in [1.165, 1.54) is 14.2 Å². The van der Waals surface area contributed by atoms with Crippen LogP contribution in [0.2, 0.25) is 0 Å². The van der Waals surface area contributed by atoms with Crippen LogP contribution in [0.3, 0.4) is 0 Å². The number of nitrogens with zero attached hydrogens (tertiary/aromatic N) is 1. The zero-order valence-electron chi connectivity index (χ0n) is 4.25. The van der Waals surface area contributed by atoms with Crippen LogP contribution >= 0.6 is 0 Å². The Balaban J connectivity index is 3.35. The third kappa shape index (κ3) is 2.69. The summed E-state index contributed by atoms with van der Waals surface area (Å²) < 4.78 is 15.5. The van der Waals surface area contributed by atoms with Gasteiger partial charge in [-0.15, -0.1) is 4.41 Å². The van der Waals surface area contributed by atoms with E-state index in [1.807, 2.05) is 0 Å². The first kappa shape index (κ1) is 7.03. The van der Waals surface area contributed by atoms with Gasteiger partial charge in [0.15, 0.2) is 0 Å². The van der Waals surface area contributed by atoms with Gasteiger partial charge in [-0.25, -0.2) is 4.21 Å². The maximum atomic E-state index is 10.2. The van der Waals surface area contributed by atoms with Crippen molar-refractivity contribution in [3.05, 3.63) is 0 Å². The highest BCUT2D eigenvalue weighted by Crippen LogP contribution is 1.79. The largest absolute Gasteiger partial charge is 0.281 e. The first-order valence-corrected chi connectivity index (χ1v) is 2.66. The third-order valence-corrected chi connectivity index (χ3v) is 1.13. The summed E-state index contributed by atoms with van der Waals surface area (Å²) in [6, 6.07) is 0. The molecule has 5 heteroatoms. The van der Waals surface area contributed by atoms with Crippen molar-refractivity contribution in [2.45, 2.75) is 0 Å². The average Bonchev–Trinajstić information content (AvgIpc) is 1.65. The SMILES string of the molecule is COS(=O)N(C)N. The van der Waals surface area contributed by atoms with Crippen LogP contribution < -0.4 is 5.84 Å². The predicted octanol–water partition coefficient (Wildman–Crippen LogP) is -0.983. The van der Waals surface area contributed by atoms with E-state index in [0.29, 0.717) is 0 Å². The first-order chi connectivity index (χ1) is 3.18. The summed E-state index contributed by atoms with van der Waals surface area (Å²) in [5.41, 5.74) is 0. The van der Waals surface area contributed by atoms with Crippen molar-refractivity contribution in [2.75, 3.05) is 14.2 Å². The lowest BCUT2D eigenvalue weighted by Crippen LogP contribution is -2.28. The smallest absolute Gasteiger partial charge is 0.250 e. The Hall–Kier alpha value is 0.0300. The molecule has 4 nitrogen and oxygen atoms in total. The fourth-order valence-corrected chi connectivity index (χ4v) is 0.353. The Kier molecular flexibility index (Phi) is 3.10. The molecule has 1 atom stereocenters. The van der Waals surface area contributed by atoms with Crippen LogP contribution in [-0.2, 0) is 15.4 Å². The minimum absolute atomic E-state index is 0.972. The lowest BCUT2D eigenvalue weighted by atomic mass is 11.5. The molecule has 1 unspecified atom stereocenters. The maximum absolute atomic E-state index is 10.2. The summed E-state index contributed by atoms with van der Waals surface area (Å²) in [5, 5.41) is 0. The summed E-state index contributed by atoms with van der Waals surface area (Å²) in [7, 11) is 2.78. The lowest BCUT2D eigenvalue weighted by molar-refractivity contribution is 0.390. The van der Waals surface area contributed by atoms with Crippen molar-refractivity contribution in [3.8, 4) is 0 Å². The molecule has 0 aliphatic heterocycles. The van der Waals surface area contributed by atoms with E-state index in [0.717, 1.165) is 4.41 Å². The van der Waals surface area contributed by atoms with Crippen molar-refractivity contribution in [1.29, 1.82) is 0 Å². The van der Waals surface area contributed by atoms with Crippen LogP contribution in [0.4, 0.5) is 0 Å². The van der Waals surface area contributed by atoms with Crippen molar-refractivity contribution in [1.82, 2.24) is 4.41 Å². The first-order valence-electron chi connectivity index (χ1n) is 1.63. The van der Waals surface area contributed by atoms with Crippen LogP contribution in [0.15, 0.2) is 0 Å². The zero-order valence-corrected chi connectivity index (χ0v) is 5.07. The van der Waals surface area contributed by atoms with Crippen LogP contribution in [0.25, 0.3) is 0 Å². The Labute approximate surface area is 45.0 Å². The van der Waals surface area contributed by atoms with E-state index in [2.05, 4.69) is 4.18 Å². The second-order valence-corrected chi connectivity index (χ2v) is 2.27. The summed E-state index contributed by atoms with van der Waals surface area (Å²) in [5.74, 6) is 4.95. The van der Waals surface area contributed by atoms with E-state index in [-0.39, 0.29) is 0 Å². The van der Waals surface area contributed by atoms with Gasteiger partial charge in [0.05, 0.1) is 7.11 Å². The summed E-state index contributed by atoms with van der Waals surface area (Å²) in [6.07, 6.45) is 0. The molecule has 0 bridgehead atoms. The topological polar surface area (TPSA) is 55.6 Å². The van der Waals surface area contributed by atoms with Gasteiger partial charge in [0.2, 0.25) is 0 Å². The number of hydrogen-bond donors (Lipinski definition) is 1. The third-order valence-electron chi connectivity index (χ3n) is 0.378. The number of nitrogens with two attached hydrogens (primary N) is 1. The molecule has 0 spiro atoms. The molecule has 0 aromatic rings. The quantitative estimate of drug-likeness (QED) is 0.380. The molecule has 0 aromatic carbocycles. The Bertz CT molecular complexity index is 74.1. The number of hydrogen-bond acceptors (Lipinski definition) is 3. The normalized spacial score (nSPS) is 14.9. The van der Waals surface area contributed by atoms with E-state index in [1.54, 1.807) is 0 Å². The van der Waals surface area contributed by atoms with Gasteiger partial charge in [-0.3, -0.25) is 10.0 Å². The molecule has 0 aliphatic carbocycles. The van der Waals surface area contributed by atoms with Crippen LogP contribution in [0.5, 0.6) is 0 Å². The van der Waals surface area contributed by atoms with Gasteiger partial charge in [0.1, 0.15) is 0 Å². The van der Waals surface area contributed by atoms with Gasteiger partial charge < -0.3 is 0 Å². The highest BCUT2D eigenvalue weighted by Gasteiger charge is 1.96. The molecule has 7 heavy (non-hydrogen) atoms. The van der Waals surface area contributed by atoms with Gasteiger partial charge in [-0.2, -0.15) is 0 Å². The maximum Gasteiger partial charge on any atom is 0.250 e. The van der Waals surface area contributed by atoms with Crippen molar-refractivity contribution in [2.24, 2.45) is 5.84 Å². The van der Waals surface area contributed by atoms with Crippen molar-refractivity contribution < 1.29 is 8.39 Å². The van der Waals surface area contributed by atoms with Crippen molar-refractivity contribution in [3.63, 3.8) is 0 Å². The van der Waals surface area contributed by atoms with Gasteiger partial charge in [-0.05, 0) is 0 Å². The minimum Gasteiger partial charge on any atom is -0.281 e. The molecule has 0 heterocycles. The lowest BCUT2D eigenvalue weighted by Gasteiger charge is -2.02. The summed E-state index contributed by atoms with van der Waals surface area (Å²) in [4.78, 5) is 0. The minimum atomic E-state index is -1.47. The van der Waals surface area contributed by atoms with Gasteiger partial charge in [0, 0.05) is 7.05 Å². The van der Waals surface area contributed by atoms with Gasteiger partial charge in [0.25, 0.3) is 11.3 Å². The van der Waals surface area contributed by atoms with E-state index in [9.17, 15) is 4.21 Å². The van der Waals surface area contributed by atoms with E-state index in [4.69, 9.17) is 5.84 Å². The van der Waals surface area contributed by atoms with Crippen LogP contribution in [0.1, 0.15) is 0 Å². The standard InChI is InChI=1S/C2H8N2O2S/c1-4(3)7(5)6-2/h3H2,1-2H3. The molecule has 0 aromatic heterocycles. The molecule has 0 aliphatic rings. The second kappa shape index (κ2) is 3.09. The van der Waals surface area contributed by atoms with Gasteiger partial charge >= 0.3 is 0 Å². The molecule has 0 amide bonds. The summed E-state index contributed by atoms with van der Waals surface area (Å²) >= 11 is -1.47. The predicted molar refractivity (Wildman–Crippen MR) is 27.1 cm³/mol. The fourth-order valence-electron chi connectivity index (χ4n) is 0.118. The Morgan fingerprint density at radius 1 is 1.86 bits per heavy atom. The molecule has 2 N–H and O–H groups in total. The average molecular weight is 124 g/mol. The molecule has 0 fully saturated rings. The highest BCUT2D eigenvalue weighted by molar-refractivity contribution is 7.77. The Morgan fingerprint density at radius 2 is 2.29 bits per heavy atom. The Morgan fingerprint density at radius 3 is 2.29 bits per heavy atom. The molecule has 44 valence electrons. The molecule has 0 radical (unpaired) electrons. The highest BCUT2D eigenvalue weighted by atomic mass is 32.2. The monoisotopic (exact) mass is 124 g/mol. The molecular formula is C2H8N2O2S. The number of rotatable bonds is 2.